The van der Waals surface area contributed by atoms with Gasteiger partial charge in [-0.05, 0) is 11.5 Å². The molecule has 5 N–H and O–H groups in total. The van der Waals surface area contributed by atoms with Crippen LogP contribution < -0.4 is 16.5 Å². The van der Waals surface area contributed by atoms with E-state index in [2.05, 4.69) is 4.74 Å². The number of amides is 1. The first kappa shape index (κ1) is 26.9. The van der Waals surface area contributed by atoms with Gasteiger partial charge in [0.25, 0.3) is 0 Å². The minimum atomic E-state index is -7.27. The normalized spacial score (nSPS) is 15.4. The van der Waals surface area contributed by atoms with Gasteiger partial charge in [0.15, 0.2) is 0 Å². The fourth-order valence-electron chi connectivity index (χ4n) is 1.98. The molecule has 1 unspecified atom stereocenters. The number of nitrogens with two attached hydrogens (primary N) is 1. The standard InChI is InChI=1S/C13H10BF11N2O4/c15-9(11(18,19)20,31-13(24,25)10(16,17)12(21,22)23)6-2-1-5(14(29)30)3-7(6)27-8(28)4-26/h1-3,29-30H,4,26H2,(H,27,28). The maximum Gasteiger partial charge on any atom is 0.488 e. The van der Waals surface area contributed by atoms with Crippen LogP contribution in [0, 0.1) is 0 Å². The highest BCUT2D eigenvalue weighted by Gasteiger charge is 2.78. The molecular formula is C13H10BF11N2O4. The summed E-state index contributed by atoms with van der Waals surface area (Å²) in [6, 6.07) is 0.273. The zero-order valence-corrected chi connectivity index (χ0v) is 14.5. The van der Waals surface area contributed by atoms with Crippen molar-refractivity contribution >= 4 is 24.2 Å². The van der Waals surface area contributed by atoms with Crippen LogP contribution in [-0.2, 0) is 15.4 Å². The van der Waals surface area contributed by atoms with Gasteiger partial charge in [0.2, 0.25) is 5.91 Å². The molecule has 31 heavy (non-hydrogen) atoms. The largest absolute Gasteiger partial charge is 0.488 e. The van der Waals surface area contributed by atoms with Gasteiger partial charge in [0, 0.05) is 11.3 Å². The minimum Gasteiger partial charge on any atom is -0.423 e. The van der Waals surface area contributed by atoms with Crippen LogP contribution in [0.25, 0.3) is 0 Å². The molecule has 0 saturated carbocycles. The number of nitrogens with one attached hydrogen (secondary N) is 1. The van der Waals surface area contributed by atoms with Gasteiger partial charge in [-0.25, -0.2) is 0 Å². The number of anilines is 1. The van der Waals surface area contributed by atoms with Gasteiger partial charge in [-0.1, -0.05) is 12.1 Å². The molecule has 0 aliphatic rings. The first-order valence-electron chi connectivity index (χ1n) is 7.50. The van der Waals surface area contributed by atoms with Crippen LogP contribution in [0.5, 0.6) is 0 Å². The van der Waals surface area contributed by atoms with Gasteiger partial charge < -0.3 is 21.1 Å². The maximum atomic E-state index is 14.8. The molecule has 0 saturated heterocycles. The Balaban J connectivity index is 3.75. The Labute approximate surface area is 164 Å². The summed E-state index contributed by atoms with van der Waals surface area (Å²) in [4.78, 5) is 11.3. The lowest BCUT2D eigenvalue weighted by atomic mass is 9.79. The Morgan fingerprint density at radius 1 is 0.968 bits per heavy atom. The molecule has 1 atom stereocenters. The summed E-state index contributed by atoms with van der Waals surface area (Å²) in [6.07, 6.45) is -21.0. The van der Waals surface area contributed by atoms with E-state index in [0.29, 0.717) is 0 Å². The highest BCUT2D eigenvalue weighted by atomic mass is 19.4. The van der Waals surface area contributed by atoms with Crippen molar-refractivity contribution in [1.82, 2.24) is 0 Å². The second kappa shape index (κ2) is 8.40. The number of halogens is 11. The lowest BCUT2D eigenvalue weighted by Gasteiger charge is -2.36. The number of rotatable bonds is 7. The van der Waals surface area contributed by atoms with Gasteiger partial charge in [0.1, 0.15) is 0 Å². The van der Waals surface area contributed by atoms with Crippen molar-refractivity contribution in [3.63, 3.8) is 0 Å². The second-order valence-corrected chi connectivity index (χ2v) is 5.71. The predicted octanol–water partition coefficient (Wildman–Crippen LogP) is 1.76. The molecule has 0 aliphatic heterocycles. The Hall–Kier alpha value is -2.18. The average molecular weight is 478 g/mol. The second-order valence-electron chi connectivity index (χ2n) is 5.71. The molecule has 18 heteroatoms. The van der Waals surface area contributed by atoms with Gasteiger partial charge in [-0.3, -0.25) is 9.53 Å². The van der Waals surface area contributed by atoms with Crippen molar-refractivity contribution < 1.29 is 67.9 Å². The first-order valence-corrected chi connectivity index (χ1v) is 7.50. The molecule has 0 aliphatic carbocycles. The quantitative estimate of drug-likeness (QED) is 0.354. The number of ether oxygens (including phenoxy) is 1. The average Bonchev–Trinajstić information content (AvgIpc) is 2.58. The summed E-state index contributed by atoms with van der Waals surface area (Å²) >= 11 is 0. The number of carbonyl (C=O) groups is 1. The van der Waals surface area contributed by atoms with Crippen LogP contribution in [0.2, 0.25) is 0 Å². The molecule has 1 aromatic rings. The molecule has 0 heterocycles. The minimum absolute atomic E-state index is 0.157. The van der Waals surface area contributed by atoms with E-state index in [4.69, 9.17) is 15.8 Å². The van der Waals surface area contributed by atoms with Crippen molar-refractivity contribution in [1.29, 1.82) is 0 Å². The SMILES string of the molecule is NCC(=O)Nc1cc(B(O)O)ccc1C(F)(OC(F)(F)C(F)(F)C(F)(F)F)C(F)(F)F. The van der Waals surface area contributed by atoms with Crippen LogP contribution in [0.4, 0.5) is 54.0 Å². The van der Waals surface area contributed by atoms with E-state index in [-0.39, 0.29) is 18.2 Å². The molecule has 0 fully saturated rings. The van der Waals surface area contributed by atoms with Crippen LogP contribution in [0.1, 0.15) is 5.56 Å². The number of hydrogen-bond acceptors (Lipinski definition) is 5. The molecular weight excluding hydrogens is 468 g/mol. The Morgan fingerprint density at radius 2 is 1.48 bits per heavy atom. The molecule has 1 amide bonds. The van der Waals surface area contributed by atoms with Gasteiger partial charge in [-0.15, -0.1) is 0 Å². The summed E-state index contributed by atoms with van der Waals surface area (Å²) in [7, 11) is -2.47. The summed E-state index contributed by atoms with van der Waals surface area (Å²) in [6.45, 7) is -1.00. The van der Waals surface area contributed by atoms with Gasteiger partial charge in [0.05, 0.1) is 6.54 Å². The molecule has 0 aromatic heterocycles. The van der Waals surface area contributed by atoms with Crippen molar-refractivity contribution in [2.24, 2.45) is 5.73 Å². The Morgan fingerprint density at radius 3 is 1.87 bits per heavy atom. The van der Waals surface area contributed by atoms with E-state index >= 15 is 0 Å². The fraction of sp³-hybridized carbons (Fsp3) is 0.462. The molecule has 0 radical (unpaired) electrons. The highest BCUT2D eigenvalue weighted by Crippen LogP contribution is 2.54. The van der Waals surface area contributed by atoms with E-state index in [0.717, 1.165) is 0 Å². The van der Waals surface area contributed by atoms with E-state index in [9.17, 15) is 53.1 Å². The number of hydrogen-bond donors (Lipinski definition) is 4. The summed E-state index contributed by atoms with van der Waals surface area (Å²) in [5.41, 5.74) is 0.385. The number of benzene rings is 1. The molecule has 0 bridgehead atoms. The van der Waals surface area contributed by atoms with Crippen LogP contribution in [-0.4, -0.2) is 54.0 Å². The topological polar surface area (TPSA) is 105 Å². The molecule has 0 spiro atoms. The van der Waals surface area contributed by atoms with E-state index in [1.165, 1.54) is 5.32 Å². The highest BCUT2D eigenvalue weighted by molar-refractivity contribution is 6.58. The number of alkyl halides is 11. The fourth-order valence-corrected chi connectivity index (χ4v) is 1.98. The van der Waals surface area contributed by atoms with Gasteiger partial charge >= 0.3 is 37.4 Å². The number of carbonyl (C=O) groups excluding carboxylic acids is 1. The predicted molar refractivity (Wildman–Crippen MR) is 79.8 cm³/mol. The Kier molecular flexibility index (Phi) is 7.28. The summed E-state index contributed by atoms with van der Waals surface area (Å²) in [5, 5.41) is 19.4. The van der Waals surface area contributed by atoms with Crippen molar-refractivity contribution in [2.75, 3.05) is 11.9 Å². The van der Waals surface area contributed by atoms with E-state index < -0.39 is 66.5 Å². The lowest BCUT2D eigenvalue weighted by Crippen LogP contribution is -2.58. The smallest absolute Gasteiger partial charge is 0.423 e. The molecule has 1 rings (SSSR count). The summed E-state index contributed by atoms with van der Waals surface area (Å²) < 4.78 is 146. The molecule has 6 nitrogen and oxygen atoms in total. The Bertz CT molecular complexity index is 816. The van der Waals surface area contributed by atoms with Crippen LogP contribution in [0.3, 0.4) is 0 Å². The molecule has 1 aromatic carbocycles. The monoisotopic (exact) mass is 478 g/mol. The third-order valence-electron chi connectivity index (χ3n) is 3.50. The van der Waals surface area contributed by atoms with E-state index in [1.807, 2.05) is 0 Å². The third kappa shape index (κ3) is 5.18. The zero-order valence-electron chi connectivity index (χ0n) is 14.5. The maximum absolute atomic E-state index is 14.8. The van der Waals surface area contributed by atoms with E-state index in [1.54, 1.807) is 0 Å². The molecule has 176 valence electrons. The van der Waals surface area contributed by atoms with Gasteiger partial charge in [-0.2, -0.15) is 48.3 Å². The third-order valence-corrected chi connectivity index (χ3v) is 3.50. The van der Waals surface area contributed by atoms with Crippen molar-refractivity contribution in [3.8, 4) is 0 Å². The van der Waals surface area contributed by atoms with Crippen LogP contribution in [0.15, 0.2) is 18.2 Å². The zero-order chi connectivity index (χ0) is 24.6. The first-order chi connectivity index (χ1) is 13.7. The van der Waals surface area contributed by atoms with Crippen LogP contribution >= 0.6 is 0 Å². The van der Waals surface area contributed by atoms with Crippen molar-refractivity contribution in [2.45, 2.75) is 30.2 Å². The summed E-state index contributed by atoms with van der Waals surface area (Å²) in [5.74, 6) is -14.7. The lowest BCUT2D eigenvalue weighted by molar-refractivity contribution is -0.488. The van der Waals surface area contributed by atoms with Crippen molar-refractivity contribution in [3.05, 3.63) is 23.8 Å².